The molecule has 2 aromatic rings. The Hall–Kier alpha value is -2.54. The summed E-state index contributed by atoms with van der Waals surface area (Å²) in [4.78, 5) is 2.71. The fourth-order valence-electron chi connectivity index (χ4n) is 7.24. The Morgan fingerprint density at radius 1 is 0.919 bits per heavy atom. The van der Waals surface area contributed by atoms with Crippen LogP contribution in [0.2, 0.25) is 0 Å². The highest BCUT2D eigenvalue weighted by Gasteiger charge is 2.32. The lowest BCUT2D eigenvalue weighted by molar-refractivity contribution is 0.630. The minimum atomic E-state index is 1.08. The quantitative estimate of drug-likeness (QED) is 0.344. The summed E-state index contributed by atoms with van der Waals surface area (Å²) in [5, 5.41) is 2.84. The van der Waals surface area contributed by atoms with Gasteiger partial charge in [-0.1, -0.05) is 51.5 Å². The summed E-state index contributed by atoms with van der Waals surface area (Å²) in [5.74, 6) is 0. The molecule has 0 aromatic heterocycles. The Balaban J connectivity index is 1.90. The summed E-state index contributed by atoms with van der Waals surface area (Å²) in [6.07, 6.45) is 18.0. The standard InChI is InChI=1S/C36H47N/c1-7-11-15-26-21-33-31(29(25(26)6)17-12-8-2)23-32-30-18-14-20-37-19-13-16-27(36(30)37)22-34(32)35(33)28(10-4)24(5)9-3/h9-10,21-22H,6-8,11-20,23H2,1-5H3/b24-9-,28-10+. The summed E-state index contributed by atoms with van der Waals surface area (Å²) in [6.45, 7) is 18.5. The van der Waals surface area contributed by atoms with Crippen LogP contribution in [0.25, 0.3) is 12.2 Å². The highest BCUT2D eigenvalue weighted by atomic mass is 15.1. The average molecular weight is 494 g/mol. The lowest BCUT2D eigenvalue weighted by Gasteiger charge is -2.40. The van der Waals surface area contributed by atoms with Crippen molar-refractivity contribution in [3.05, 3.63) is 84.8 Å². The van der Waals surface area contributed by atoms with E-state index in [0.717, 1.165) is 19.3 Å². The van der Waals surface area contributed by atoms with Gasteiger partial charge in [-0.3, -0.25) is 0 Å². The molecule has 0 radical (unpaired) electrons. The molecule has 0 saturated carbocycles. The van der Waals surface area contributed by atoms with E-state index in [-0.39, 0.29) is 0 Å². The fraction of sp³-hybridized carbons (Fsp3) is 0.500. The Morgan fingerprint density at radius 2 is 1.65 bits per heavy atom. The molecule has 196 valence electrons. The van der Waals surface area contributed by atoms with Crippen LogP contribution < -0.4 is 15.3 Å². The molecule has 1 aliphatic carbocycles. The van der Waals surface area contributed by atoms with Gasteiger partial charge in [-0.05, 0) is 151 Å². The monoisotopic (exact) mass is 493 g/mol. The summed E-state index contributed by atoms with van der Waals surface area (Å²) < 4.78 is 0. The lowest BCUT2D eigenvalue weighted by atomic mass is 9.74. The van der Waals surface area contributed by atoms with Gasteiger partial charge < -0.3 is 4.90 Å². The van der Waals surface area contributed by atoms with Crippen molar-refractivity contribution >= 4 is 17.8 Å². The molecule has 5 rings (SSSR count). The lowest BCUT2D eigenvalue weighted by Crippen LogP contribution is -2.37. The smallest absolute Gasteiger partial charge is 0.0434 e. The minimum Gasteiger partial charge on any atom is -0.371 e. The van der Waals surface area contributed by atoms with Crippen LogP contribution in [0.4, 0.5) is 5.69 Å². The zero-order chi connectivity index (χ0) is 26.1. The number of unbranched alkanes of at least 4 members (excludes halogenated alkanes) is 2. The van der Waals surface area contributed by atoms with Crippen molar-refractivity contribution in [2.24, 2.45) is 0 Å². The molecule has 0 N–H and O–H groups in total. The Morgan fingerprint density at radius 3 is 2.35 bits per heavy atom. The predicted octanol–water partition coefficient (Wildman–Crippen LogP) is 7.50. The largest absolute Gasteiger partial charge is 0.371 e. The Labute approximate surface area is 225 Å². The van der Waals surface area contributed by atoms with Crippen molar-refractivity contribution in [2.45, 2.75) is 105 Å². The van der Waals surface area contributed by atoms with Gasteiger partial charge in [0.1, 0.15) is 0 Å². The Bertz CT molecular complexity index is 1360. The fourth-order valence-corrected chi connectivity index (χ4v) is 7.24. The zero-order valence-corrected chi connectivity index (χ0v) is 24.2. The first-order chi connectivity index (χ1) is 18.0. The van der Waals surface area contributed by atoms with Crippen LogP contribution >= 0.6 is 0 Å². The number of benzene rings is 2. The van der Waals surface area contributed by atoms with E-state index in [0.29, 0.717) is 0 Å². The summed E-state index contributed by atoms with van der Waals surface area (Å²) in [6, 6.07) is 5.18. The van der Waals surface area contributed by atoms with Crippen LogP contribution in [-0.2, 0) is 32.1 Å². The first kappa shape index (κ1) is 26.1. The van der Waals surface area contributed by atoms with E-state index < -0.39 is 0 Å². The van der Waals surface area contributed by atoms with Crippen LogP contribution in [0, 0.1) is 0 Å². The molecule has 3 aliphatic rings. The second-order valence-electron chi connectivity index (χ2n) is 11.5. The van der Waals surface area contributed by atoms with E-state index in [2.05, 4.69) is 63.8 Å². The van der Waals surface area contributed by atoms with Crippen molar-refractivity contribution in [3.8, 4) is 0 Å². The van der Waals surface area contributed by atoms with Crippen molar-refractivity contribution in [1.82, 2.24) is 0 Å². The van der Waals surface area contributed by atoms with Gasteiger partial charge in [0.15, 0.2) is 0 Å². The summed E-state index contributed by atoms with van der Waals surface area (Å²) in [5.41, 5.74) is 16.9. The molecule has 0 fully saturated rings. The minimum absolute atomic E-state index is 1.08. The molecule has 1 nitrogen and oxygen atoms in total. The molecule has 0 bridgehead atoms. The van der Waals surface area contributed by atoms with E-state index in [1.165, 1.54) is 103 Å². The van der Waals surface area contributed by atoms with Crippen LogP contribution in [-0.4, -0.2) is 13.1 Å². The molecule has 37 heavy (non-hydrogen) atoms. The van der Waals surface area contributed by atoms with Gasteiger partial charge in [0.25, 0.3) is 0 Å². The number of rotatable bonds is 8. The third kappa shape index (κ3) is 4.53. The number of hydrogen-bond acceptors (Lipinski definition) is 1. The van der Waals surface area contributed by atoms with Gasteiger partial charge in [0, 0.05) is 18.8 Å². The van der Waals surface area contributed by atoms with E-state index in [1.54, 1.807) is 33.5 Å². The molecule has 0 saturated heterocycles. The highest BCUT2D eigenvalue weighted by Crippen LogP contribution is 2.44. The molecule has 2 heterocycles. The molecule has 2 aromatic carbocycles. The van der Waals surface area contributed by atoms with Crippen LogP contribution in [0.3, 0.4) is 0 Å². The molecule has 2 aliphatic heterocycles. The van der Waals surface area contributed by atoms with Crippen molar-refractivity contribution < 1.29 is 0 Å². The normalized spacial score (nSPS) is 17.0. The van der Waals surface area contributed by atoms with Crippen LogP contribution in [0.1, 0.15) is 112 Å². The third-order valence-electron chi connectivity index (χ3n) is 9.29. The van der Waals surface area contributed by atoms with Gasteiger partial charge >= 0.3 is 0 Å². The molecular weight excluding hydrogens is 446 g/mol. The first-order valence-corrected chi connectivity index (χ1v) is 15.1. The number of hydrogen-bond donors (Lipinski definition) is 0. The van der Waals surface area contributed by atoms with Gasteiger partial charge in [-0.15, -0.1) is 0 Å². The molecular formula is C36H47N. The van der Waals surface area contributed by atoms with Gasteiger partial charge in [-0.2, -0.15) is 0 Å². The van der Waals surface area contributed by atoms with Crippen LogP contribution in [0.15, 0.2) is 35.4 Å². The number of anilines is 1. The molecule has 0 unspecified atom stereocenters. The maximum absolute atomic E-state index is 4.72. The highest BCUT2D eigenvalue weighted by molar-refractivity contribution is 5.89. The third-order valence-corrected chi connectivity index (χ3v) is 9.29. The maximum atomic E-state index is 4.72. The van der Waals surface area contributed by atoms with Gasteiger partial charge in [0.05, 0.1) is 0 Å². The molecule has 0 atom stereocenters. The molecule has 1 heteroatoms. The number of allylic oxidation sites excluding steroid dienone is 4. The maximum Gasteiger partial charge on any atom is 0.0434 e. The van der Waals surface area contributed by atoms with Crippen LogP contribution in [0.5, 0.6) is 0 Å². The topological polar surface area (TPSA) is 3.24 Å². The molecule has 0 amide bonds. The predicted molar refractivity (Wildman–Crippen MR) is 162 cm³/mol. The van der Waals surface area contributed by atoms with E-state index in [1.807, 2.05) is 0 Å². The average Bonchev–Trinajstić information content (AvgIpc) is 2.92. The van der Waals surface area contributed by atoms with E-state index >= 15 is 0 Å². The Kier molecular flexibility index (Phi) is 7.80. The first-order valence-electron chi connectivity index (χ1n) is 15.1. The van der Waals surface area contributed by atoms with Crippen molar-refractivity contribution in [2.75, 3.05) is 18.0 Å². The van der Waals surface area contributed by atoms with Crippen molar-refractivity contribution in [3.63, 3.8) is 0 Å². The number of fused-ring (bicyclic) bond motifs is 3. The summed E-state index contributed by atoms with van der Waals surface area (Å²) in [7, 11) is 0. The van der Waals surface area contributed by atoms with Gasteiger partial charge in [-0.25, -0.2) is 0 Å². The number of nitrogens with zero attached hydrogens (tertiary/aromatic N) is 1. The van der Waals surface area contributed by atoms with Gasteiger partial charge in [0.2, 0.25) is 0 Å². The molecule has 0 spiro atoms. The van der Waals surface area contributed by atoms with E-state index in [4.69, 9.17) is 6.58 Å². The number of aryl methyl sites for hydroxylation is 2. The SMILES string of the molecule is C=c1c(CCCC)cc2c(c1CCCC)Cc1c(cc3c4c1CCCN4CCC3)C=2C(=C/C)/C(C)=C\C. The summed E-state index contributed by atoms with van der Waals surface area (Å²) >= 11 is 0. The van der Waals surface area contributed by atoms with E-state index in [9.17, 15) is 0 Å². The second kappa shape index (κ2) is 11.1. The zero-order valence-electron chi connectivity index (χ0n) is 24.2. The van der Waals surface area contributed by atoms with Crippen molar-refractivity contribution in [1.29, 1.82) is 0 Å². The second-order valence-corrected chi connectivity index (χ2v) is 11.5.